The minimum absolute atomic E-state index is 0.234. The Balaban J connectivity index is 2.38. The van der Waals surface area contributed by atoms with E-state index in [0.29, 0.717) is 6.61 Å². The van der Waals surface area contributed by atoms with Crippen molar-refractivity contribution in [3.8, 4) is 0 Å². The van der Waals surface area contributed by atoms with Crippen LogP contribution in [0.25, 0.3) is 6.08 Å². The molecule has 0 saturated carbocycles. The molecule has 1 N–H and O–H groups in total. The highest BCUT2D eigenvalue weighted by molar-refractivity contribution is 9.10. The minimum Gasteiger partial charge on any atom is -0.383 e. The van der Waals surface area contributed by atoms with E-state index in [2.05, 4.69) is 21.2 Å². The molecule has 4 heteroatoms. The quantitative estimate of drug-likeness (QED) is 0.813. The van der Waals surface area contributed by atoms with E-state index in [1.54, 1.807) is 13.2 Å². The molecule has 0 fully saturated rings. The van der Waals surface area contributed by atoms with E-state index in [4.69, 9.17) is 4.74 Å². The number of rotatable bonds is 6. The van der Waals surface area contributed by atoms with Gasteiger partial charge in [0.25, 0.3) is 0 Å². The highest BCUT2D eigenvalue weighted by Gasteiger charge is 1.96. The van der Waals surface area contributed by atoms with Crippen molar-refractivity contribution >= 4 is 22.0 Å². The Bertz CT molecular complexity index is 355. The summed E-state index contributed by atoms with van der Waals surface area (Å²) >= 11 is 3.31. The van der Waals surface area contributed by atoms with Gasteiger partial charge in [-0.2, -0.15) is 0 Å². The molecule has 16 heavy (non-hydrogen) atoms. The van der Waals surface area contributed by atoms with Crippen LogP contribution in [0.15, 0.2) is 28.7 Å². The first-order valence-electron chi connectivity index (χ1n) is 5.05. The fraction of sp³-hybridized carbons (Fsp3) is 0.333. The standard InChI is InChI=1S/C12H15BrFNO/c1-16-8-7-15-6-2-3-10-4-5-11(14)9-12(10)13/h2-5,9,15H,6-8H2,1H3/b3-2+. The summed E-state index contributed by atoms with van der Waals surface area (Å²) < 4.78 is 18.5. The van der Waals surface area contributed by atoms with Crippen LogP contribution < -0.4 is 5.32 Å². The smallest absolute Gasteiger partial charge is 0.124 e. The summed E-state index contributed by atoms with van der Waals surface area (Å²) in [6.45, 7) is 2.30. The van der Waals surface area contributed by atoms with Crippen molar-refractivity contribution in [3.63, 3.8) is 0 Å². The van der Waals surface area contributed by atoms with Crippen LogP contribution >= 0.6 is 15.9 Å². The molecule has 0 unspecified atom stereocenters. The summed E-state index contributed by atoms with van der Waals surface area (Å²) in [6.07, 6.45) is 3.94. The van der Waals surface area contributed by atoms with Gasteiger partial charge in [0.05, 0.1) is 6.61 Å². The number of methoxy groups -OCH3 is 1. The molecule has 0 atom stereocenters. The molecule has 0 bridgehead atoms. The van der Waals surface area contributed by atoms with Gasteiger partial charge in [-0.05, 0) is 17.7 Å². The van der Waals surface area contributed by atoms with Crippen molar-refractivity contribution in [2.75, 3.05) is 26.8 Å². The highest BCUT2D eigenvalue weighted by atomic mass is 79.9. The molecule has 88 valence electrons. The highest BCUT2D eigenvalue weighted by Crippen LogP contribution is 2.18. The number of halogens is 2. The van der Waals surface area contributed by atoms with E-state index < -0.39 is 0 Å². The first kappa shape index (κ1) is 13.4. The topological polar surface area (TPSA) is 21.3 Å². The molecule has 2 nitrogen and oxygen atoms in total. The third kappa shape index (κ3) is 4.88. The number of hydrogen-bond donors (Lipinski definition) is 1. The third-order valence-corrected chi connectivity index (χ3v) is 2.69. The van der Waals surface area contributed by atoms with Gasteiger partial charge >= 0.3 is 0 Å². The molecule has 1 aromatic carbocycles. The van der Waals surface area contributed by atoms with Gasteiger partial charge in [0.15, 0.2) is 0 Å². The lowest BCUT2D eigenvalue weighted by Gasteiger charge is -2.00. The van der Waals surface area contributed by atoms with Crippen LogP contribution in [0.3, 0.4) is 0 Å². The Morgan fingerprint density at radius 2 is 2.31 bits per heavy atom. The second-order valence-corrected chi connectivity index (χ2v) is 4.12. The number of benzene rings is 1. The molecule has 0 aliphatic carbocycles. The van der Waals surface area contributed by atoms with Crippen molar-refractivity contribution in [3.05, 3.63) is 40.1 Å². The summed E-state index contributed by atoms with van der Waals surface area (Å²) in [5, 5.41) is 3.19. The number of ether oxygens (including phenoxy) is 1. The zero-order chi connectivity index (χ0) is 11.8. The van der Waals surface area contributed by atoms with Crippen LogP contribution in [-0.4, -0.2) is 26.8 Å². The molecule has 0 aliphatic heterocycles. The van der Waals surface area contributed by atoms with E-state index in [9.17, 15) is 4.39 Å². The van der Waals surface area contributed by atoms with Crippen LogP contribution in [0.2, 0.25) is 0 Å². The van der Waals surface area contributed by atoms with Crippen molar-refractivity contribution in [1.82, 2.24) is 5.32 Å². The summed E-state index contributed by atoms with van der Waals surface area (Å²) in [7, 11) is 1.67. The summed E-state index contributed by atoms with van der Waals surface area (Å²) in [4.78, 5) is 0. The Morgan fingerprint density at radius 1 is 1.50 bits per heavy atom. The van der Waals surface area contributed by atoms with Crippen LogP contribution in [0.1, 0.15) is 5.56 Å². The molecule has 0 radical (unpaired) electrons. The number of nitrogens with one attached hydrogen (secondary N) is 1. The predicted molar refractivity (Wildman–Crippen MR) is 67.9 cm³/mol. The van der Waals surface area contributed by atoms with Crippen molar-refractivity contribution < 1.29 is 9.13 Å². The SMILES string of the molecule is COCCNC/C=C/c1ccc(F)cc1Br. The first-order valence-corrected chi connectivity index (χ1v) is 5.84. The lowest BCUT2D eigenvalue weighted by molar-refractivity contribution is 0.200. The van der Waals surface area contributed by atoms with Gasteiger partial charge in [-0.3, -0.25) is 0 Å². The number of hydrogen-bond acceptors (Lipinski definition) is 2. The van der Waals surface area contributed by atoms with Gasteiger partial charge in [0.1, 0.15) is 5.82 Å². The van der Waals surface area contributed by atoms with Gasteiger partial charge in [-0.25, -0.2) is 4.39 Å². The second-order valence-electron chi connectivity index (χ2n) is 3.27. The largest absolute Gasteiger partial charge is 0.383 e. The first-order chi connectivity index (χ1) is 7.74. The Kier molecular flexibility index (Phi) is 6.30. The zero-order valence-corrected chi connectivity index (χ0v) is 10.8. The lowest BCUT2D eigenvalue weighted by Crippen LogP contribution is -2.18. The normalized spacial score (nSPS) is 11.2. The summed E-state index contributed by atoms with van der Waals surface area (Å²) in [6, 6.07) is 4.64. The van der Waals surface area contributed by atoms with Gasteiger partial charge in [-0.15, -0.1) is 0 Å². The lowest BCUT2D eigenvalue weighted by atomic mass is 10.2. The van der Waals surface area contributed by atoms with Gasteiger partial charge < -0.3 is 10.1 Å². The fourth-order valence-electron chi connectivity index (χ4n) is 1.18. The van der Waals surface area contributed by atoms with E-state index in [1.165, 1.54) is 12.1 Å². The zero-order valence-electron chi connectivity index (χ0n) is 9.17. The Hall–Kier alpha value is -0.710. The van der Waals surface area contributed by atoms with E-state index in [0.717, 1.165) is 23.1 Å². The fourth-order valence-corrected chi connectivity index (χ4v) is 1.67. The molecule has 0 aliphatic rings. The summed E-state index contributed by atoms with van der Waals surface area (Å²) in [5.41, 5.74) is 0.968. The van der Waals surface area contributed by atoms with Crippen molar-refractivity contribution in [1.29, 1.82) is 0 Å². The van der Waals surface area contributed by atoms with Gasteiger partial charge in [0, 0.05) is 24.7 Å². The average molecular weight is 288 g/mol. The minimum atomic E-state index is -0.234. The van der Waals surface area contributed by atoms with Crippen LogP contribution in [0.5, 0.6) is 0 Å². The van der Waals surface area contributed by atoms with Crippen LogP contribution in [0, 0.1) is 5.82 Å². The van der Waals surface area contributed by atoms with Crippen LogP contribution in [0.4, 0.5) is 4.39 Å². The molecule has 0 saturated heterocycles. The molecular formula is C12H15BrFNO. The predicted octanol–water partition coefficient (Wildman–Crippen LogP) is 2.84. The Morgan fingerprint density at radius 3 is 3.00 bits per heavy atom. The molecule has 0 amide bonds. The van der Waals surface area contributed by atoms with Gasteiger partial charge in [0.2, 0.25) is 0 Å². The van der Waals surface area contributed by atoms with Crippen molar-refractivity contribution in [2.24, 2.45) is 0 Å². The van der Waals surface area contributed by atoms with E-state index in [-0.39, 0.29) is 5.82 Å². The maximum atomic E-state index is 12.8. The summed E-state index contributed by atoms with van der Waals surface area (Å²) in [5.74, 6) is -0.234. The maximum absolute atomic E-state index is 12.8. The molecule has 1 rings (SSSR count). The monoisotopic (exact) mass is 287 g/mol. The van der Waals surface area contributed by atoms with Crippen molar-refractivity contribution in [2.45, 2.75) is 0 Å². The Labute approximate surface area is 104 Å². The molecular weight excluding hydrogens is 273 g/mol. The molecule has 0 spiro atoms. The molecule has 0 aromatic heterocycles. The second kappa shape index (κ2) is 7.54. The molecule has 1 aromatic rings. The van der Waals surface area contributed by atoms with Gasteiger partial charge in [-0.1, -0.05) is 34.1 Å². The van der Waals surface area contributed by atoms with Crippen LogP contribution in [-0.2, 0) is 4.74 Å². The molecule has 0 heterocycles. The maximum Gasteiger partial charge on any atom is 0.124 e. The average Bonchev–Trinajstić information content (AvgIpc) is 2.26. The third-order valence-electron chi connectivity index (χ3n) is 2.01. The van der Waals surface area contributed by atoms with E-state index in [1.807, 2.05) is 12.2 Å². The van der Waals surface area contributed by atoms with E-state index >= 15 is 0 Å².